The largest absolute Gasteiger partial charge is 0.473 e. The van der Waals surface area contributed by atoms with Crippen LogP contribution >= 0.6 is 0 Å². The van der Waals surface area contributed by atoms with E-state index in [0.717, 1.165) is 23.9 Å². The highest BCUT2D eigenvalue weighted by Crippen LogP contribution is 2.36. The van der Waals surface area contributed by atoms with Crippen molar-refractivity contribution < 1.29 is 42.2 Å². The second-order valence-corrected chi connectivity index (χ2v) is 9.95. The molecule has 1 unspecified atom stereocenters. The van der Waals surface area contributed by atoms with E-state index in [9.17, 15) is 37.5 Å². The van der Waals surface area contributed by atoms with Crippen LogP contribution in [0.3, 0.4) is 0 Å². The van der Waals surface area contributed by atoms with E-state index in [1.54, 1.807) is 12.3 Å². The minimum Gasteiger partial charge on any atom is -0.465 e. The summed E-state index contributed by atoms with van der Waals surface area (Å²) in [4.78, 5) is 60.3. The third-order valence-electron chi connectivity index (χ3n) is 7.13. The van der Waals surface area contributed by atoms with Crippen LogP contribution in [0.25, 0.3) is 11.3 Å². The van der Waals surface area contributed by atoms with Crippen LogP contribution in [-0.2, 0) is 16.0 Å². The van der Waals surface area contributed by atoms with Gasteiger partial charge in [0, 0.05) is 30.9 Å². The normalized spacial score (nSPS) is 15.0. The number of hydrogen-bond donors (Lipinski definition) is 2. The number of anilines is 1. The fourth-order valence-electron chi connectivity index (χ4n) is 4.97. The lowest BCUT2D eigenvalue weighted by Gasteiger charge is -2.34. The maximum Gasteiger partial charge on any atom is 0.473 e. The summed E-state index contributed by atoms with van der Waals surface area (Å²) in [5, 5.41) is 12.7. The number of aromatic nitrogens is 3. The van der Waals surface area contributed by atoms with Crippen molar-refractivity contribution in [2.75, 3.05) is 30.5 Å². The molecule has 3 aromatic rings. The van der Waals surface area contributed by atoms with Crippen LogP contribution < -0.4 is 10.3 Å². The zero-order chi connectivity index (χ0) is 32.2. The molecule has 1 aromatic carbocycles. The van der Waals surface area contributed by atoms with Gasteiger partial charge in [-0.15, -0.1) is 0 Å². The average Bonchev–Trinajstić information content (AvgIpc) is 3.41. The molecule has 3 amide bonds. The van der Waals surface area contributed by atoms with Gasteiger partial charge in [-0.25, -0.2) is 29.2 Å². The maximum atomic E-state index is 13.6. The number of imidazole rings is 1. The first kappa shape index (κ1) is 32.0. The molecule has 0 aliphatic carbocycles. The lowest BCUT2D eigenvalue weighted by atomic mass is 10.0. The van der Waals surface area contributed by atoms with Crippen molar-refractivity contribution in [3.05, 3.63) is 65.2 Å². The van der Waals surface area contributed by atoms with Gasteiger partial charge in [-0.05, 0) is 62.4 Å². The lowest BCUT2D eigenvalue weighted by molar-refractivity contribution is -0.171. The minimum absolute atomic E-state index is 0.0771. The predicted octanol–water partition coefficient (Wildman–Crippen LogP) is 4.80. The number of likely N-dealkylation sites (tertiary alicyclic amines) is 1. The molecule has 1 saturated heterocycles. The van der Waals surface area contributed by atoms with Crippen molar-refractivity contribution in [1.29, 1.82) is 0 Å². The van der Waals surface area contributed by atoms with Crippen LogP contribution in [0.5, 0.6) is 0 Å². The first-order chi connectivity index (χ1) is 20.9. The smallest absolute Gasteiger partial charge is 0.465 e. The number of hydrogen-bond acceptors (Lipinski definition) is 7. The molecule has 0 spiro atoms. The minimum atomic E-state index is -5.32. The molecule has 1 fully saturated rings. The van der Waals surface area contributed by atoms with E-state index in [1.807, 2.05) is 13.0 Å². The average molecular weight is 617 g/mol. The van der Waals surface area contributed by atoms with Gasteiger partial charge in [0.25, 0.3) is 5.91 Å². The number of esters is 1. The molecular weight excluding hydrogens is 585 g/mol. The number of aryl methyl sites for hydroxylation is 1. The van der Waals surface area contributed by atoms with Crippen LogP contribution in [0.2, 0.25) is 0 Å². The van der Waals surface area contributed by atoms with Gasteiger partial charge in [-0.2, -0.15) is 13.2 Å². The number of amides is 3. The molecular formula is C29H31F3N6O6. The summed E-state index contributed by atoms with van der Waals surface area (Å²) in [6, 6.07) is 8.21. The number of ether oxygens (including phenoxy) is 1. The number of carbonyl (C=O) groups excluding carboxylic acids is 3. The Morgan fingerprint density at radius 3 is 2.43 bits per heavy atom. The highest BCUT2D eigenvalue weighted by atomic mass is 19.4. The van der Waals surface area contributed by atoms with Crippen molar-refractivity contribution in [3.8, 4) is 11.3 Å². The molecule has 12 nitrogen and oxygen atoms in total. The number of benzene rings is 1. The summed E-state index contributed by atoms with van der Waals surface area (Å²) in [7, 11) is 0.816. The molecule has 0 radical (unpaired) electrons. The number of carbonyl (C=O) groups is 4. The van der Waals surface area contributed by atoms with Crippen LogP contribution in [-0.4, -0.2) is 74.9 Å². The van der Waals surface area contributed by atoms with Crippen LogP contribution in [0.4, 0.5) is 23.8 Å². The van der Waals surface area contributed by atoms with Crippen molar-refractivity contribution >= 4 is 29.7 Å². The van der Waals surface area contributed by atoms with E-state index in [1.165, 1.54) is 31.2 Å². The second kappa shape index (κ2) is 13.1. The van der Waals surface area contributed by atoms with Gasteiger partial charge in [-0.1, -0.05) is 19.1 Å². The molecule has 15 heteroatoms. The Hall–Kier alpha value is -4.95. The predicted molar refractivity (Wildman–Crippen MR) is 152 cm³/mol. The fourth-order valence-corrected chi connectivity index (χ4v) is 4.97. The second-order valence-electron chi connectivity index (χ2n) is 9.95. The Labute approximate surface area is 250 Å². The number of nitrogens with one attached hydrogen (secondary N) is 1. The standard InChI is InChI=1S/C29H31F3N6O6/c1-4-17-13-14-33-21(16-17)34-25(39)19-11-9-18(10-12-19)22-23(26(40)44-5-2)38(36(3)27(41)29(30,31)32)24(35-22)20-8-6-7-15-37(20)28(42)43/h9-14,16,20H,4-8,15H2,1-3H3,(H,42,43)(H,33,34,39). The van der Waals surface area contributed by atoms with Crippen molar-refractivity contribution in [1.82, 2.24) is 19.5 Å². The molecule has 0 bridgehead atoms. The Morgan fingerprint density at radius 2 is 1.82 bits per heavy atom. The Bertz CT molecular complexity index is 1560. The van der Waals surface area contributed by atoms with E-state index in [4.69, 9.17) is 4.74 Å². The quantitative estimate of drug-likeness (QED) is 0.343. The number of halogens is 3. The van der Waals surface area contributed by atoms with Crippen molar-refractivity contribution in [2.45, 2.75) is 51.7 Å². The van der Waals surface area contributed by atoms with Crippen LogP contribution in [0.15, 0.2) is 42.6 Å². The van der Waals surface area contributed by atoms with Crippen LogP contribution in [0, 0.1) is 0 Å². The summed E-state index contributed by atoms with van der Waals surface area (Å²) < 4.78 is 46.6. The van der Waals surface area contributed by atoms with E-state index in [2.05, 4.69) is 15.3 Å². The lowest BCUT2D eigenvalue weighted by Crippen LogP contribution is -2.48. The monoisotopic (exact) mass is 616 g/mol. The number of piperidine rings is 1. The van der Waals surface area contributed by atoms with Crippen LogP contribution in [0.1, 0.15) is 71.4 Å². The van der Waals surface area contributed by atoms with E-state index in [-0.39, 0.29) is 47.2 Å². The highest BCUT2D eigenvalue weighted by Gasteiger charge is 2.45. The zero-order valence-corrected chi connectivity index (χ0v) is 24.2. The van der Waals surface area contributed by atoms with E-state index >= 15 is 0 Å². The van der Waals surface area contributed by atoms with Gasteiger partial charge in [-0.3, -0.25) is 14.5 Å². The molecule has 234 valence electrons. The summed E-state index contributed by atoms with van der Waals surface area (Å²) >= 11 is 0. The molecule has 4 rings (SSSR count). The SMILES string of the molecule is CCOC(=O)c1c(-c2ccc(C(=O)Nc3cc(CC)ccn3)cc2)nc(C2CCCCN2C(=O)O)n1N(C)C(=O)C(F)(F)F. The maximum absolute atomic E-state index is 13.6. The molecule has 1 aliphatic rings. The van der Waals surface area contributed by atoms with Gasteiger partial charge in [0.15, 0.2) is 11.5 Å². The number of alkyl halides is 3. The van der Waals surface area contributed by atoms with Gasteiger partial charge >= 0.3 is 24.1 Å². The van der Waals surface area contributed by atoms with Crippen molar-refractivity contribution in [3.63, 3.8) is 0 Å². The first-order valence-electron chi connectivity index (χ1n) is 13.9. The van der Waals surface area contributed by atoms with E-state index in [0.29, 0.717) is 23.3 Å². The van der Waals surface area contributed by atoms with Gasteiger partial charge in [0.1, 0.15) is 11.5 Å². The third-order valence-corrected chi connectivity index (χ3v) is 7.13. The molecule has 44 heavy (non-hydrogen) atoms. The molecule has 0 saturated carbocycles. The van der Waals surface area contributed by atoms with Gasteiger partial charge in [0.2, 0.25) is 0 Å². The third kappa shape index (κ3) is 6.66. The zero-order valence-electron chi connectivity index (χ0n) is 24.2. The molecule has 1 atom stereocenters. The van der Waals surface area contributed by atoms with Gasteiger partial charge in [0.05, 0.1) is 12.6 Å². The summed E-state index contributed by atoms with van der Waals surface area (Å²) in [5.74, 6) is -3.78. The highest BCUT2D eigenvalue weighted by molar-refractivity contribution is 6.04. The number of pyridine rings is 1. The molecule has 2 aromatic heterocycles. The summed E-state index contributed by atoms with van der Waals surface area (Å²) in [6.45, 7) is 3.39. The molecule has 3 heterocycles. The van der Waals surface area contributed by atoms with E-state index < -0.39 is 41.8 Å². The molecule has 2 N–H and O–H groups in total. The topological polar surface area (TPSA) is 147 Å². The Kier molecular flexibility index (Phi) is 9.55. The number of rotatable bonds is 8. The summed E-state index contributed by atoms with van der Waals surface area (Å²) in [5.41, 5.74) is 0.734. The Balaban J connectivity index is 1.83. The number of nitrogens with zero attached hydrogens (tertiary/aromatic N) is 5. The van der Waals surface area contributed by atoms with Crippen molar-refractivity contribution in [2.24, 2.45) is 0 Å². The first-order valence-corrected chi connectivity index (χ1v) is 13.9. The molecule has 1 aliphatic heterocycles. The number of carboxylic acid groups (broad SMARTS) is 1. The Morgan fingerprint density at radius 1 is 1.11 bits per heavy atom. The summed E-state index contributed by atoms with van der Waals surface area (Å²) in [6.07, 6.45) is -3.11. The van der Waals surface area contributed by atoms with Gasteiger partial charge < -0.3 is 15.2 Å². The fraction of sp³-hybridized carbons (Fsp3) is 0.379.